The minimum Gasteiger partial charge on any atom is -0.493 e. The first kappa shape index (κ1) is 21.2. The van der Waals surface area contributed by atoms with E-state index in [0.29, 0.717) is 23.7 Å². The summed E-state index contributed by atoms with van der Waals surface area (Å²) in [7, 11) is 0. The van der Waals surface area contributed by atoms with E-state index >= 15 is 0 Å². The lowest BCUT2D eigenvalue weighted by molar-refractivity contribution is -0.144. The van der Waals surface area contributed by atoms with Crippen LogP contribution >= 0.6 is 0 Å². The topological polar surface area (TPSA) is 107 Å². The summed E-state index contributed by atoms with van der Waals surface area (Å²) >= 11 is 0. The molecule has 3 aromatic rings. The number of hydrogen-bond acceptors (Lipinski definition) is 6. The van der Waals surface area contributed by atoms with E-state index in [2.05, 4.69) is 10.3 Å². The molecule has 1 aromatic heterocycles. The Morgan fingerprint density at radius 3 is 2.72 bits per heavy atom. The Balaban J connectivity index is 1.39. The Kier molecular flexibility index (Phi) is 6.21. The zero-order valence-electron chi connectivity index (χ0n) is 17.4. The van der Waals surface area contributed by atoms with Crippen LogP contribution < -0.4 is 19.5 Å². The Morgan fingerprint density at radius 2 is 1.94 bits per heavy atom. The van der Waals surface area contributed by atoms with E-state index in [-0.39, 0.29) is 18.3 Å². The number of pyridine rings is 1. The number of rotatable bonds is 8. The Labute approximate surface area is 184 Å². The number of fused-ring (bicyclic) bond motifs is 1. The minimum absolute atomic E-state index is 0.218. The highest BCUT2D eigenvalue weighted by atomic mass is 16.5. The maximum atomic E-state index is 12.8. The Hall–Kier alpha value is -4.07. The second-order valence-corrected chi connectivity index (χ2v) is 7.25. The normalized spacial score (nSPS) is 12.9. The molecule has 8 nitrogen and oxygen atoms in total. The third-order valence-electron chi connectivity index (χ3n) is 4.93. The number of carbonyl (C=O) groups excluding carboxylic acids is 1. The largest absolute Gasteiger partial charge is 0.493 e. The van der Waals surface area contributed by atoms with Crippen LogP contribution in [-0.2, 0) is 17.8 Å². The van der Waals surface area contributed by atoms with Crippen molar-refractivity contribution in [1.29, 1.82) is 0 Å². The van der Waals surface area contributed by atoms with Gasteiger partial charge in [0.25, 0.3) is 5.91 Å². The number of hydrogen-bond donors (Lipinski definition) is 2. The van der Waals surface area contributed by atoms with E-state index in [9.17, 15) is 9.59 Å². The van der Waals surface area contributed by atoms with Gasteiger partial charge < -0.3 is 24.6 Å². The molecule has 164 valence electrons. The highest BCUT2D eigenvalue weighted by molar-refractivity contribution is 5.96. The van der Waals surface area contributed by atoms with Crippen LogP contribution in [0.1, 0.15) is 28.4 Å². The summed E-state index contributed by atoms with van der Waals surface area (Å²) in [5.74, 6) is 0.743. The fourth-order valence-electron chi connectivity index (χ4n) is 3.20. The van der Waals surface area contributed by atoms with Gasteiger partial charge in [-0.2, -0.15) is 0 Å². The molecule has 8 heteroatoms. The van der Waals surface area contributed by atoms with E-state index in [0.717, 1.165) is 23.3 Å². The van der Waals surface area contributed by atoms with Crippen molar-refractivity contribution in [3.05, 3.63) is 77.5 Å². The molecule has 0 radical (unpaired) electrons. The zero-order chi connectivity index (χ0) is 22.5. The smallest absolute Gasteiger partial charge is 0.344 e. The molecular weight excluding hydrogens is 412 g/mol. The molecule has 0 aliphatic carbocycles. The minimum atomic E-state index is -1.04. The third kappa shape index (κ3) is 4.97. The van der Waals surface area contributed by atoms with Crippen LogP contribution in [0.2, 0.25) is 0 Å². The quantitative estimate of drug-likeness (QED) is 0.558. The molecule has 32 heavy (non-hydrogen) atoms. The predicted molar refractivity (Wildman–Crippen MR) is 115 cm³/mol. The summed E-state index contributed by atoms with van der Waals surface area (Å²) in [6, 6.07) is 15.7. The maximum Gasteiger partial charge on any atom is 0.344 e. The first-order chi connectivity index (χ1) is 15.5. The number of benzene rings is 2. The van der Waals surface area contributed by atoms with E-state index < -0.39 is 12.1 Å². The number of amides is 1. The highest BCUT2D eigenvalue weighted by Crippen LogP contribution is 2.31. The molecule has 4 rings (SSSR count). The van der Waals surface area contributed by atoms with Gasteiger partial charge in [0.15, 0.2) is 6.10 Å². The molecule has 1 amide bonds. The molecule has 2 heterocycles. The number of aromatic nitrogens is 1. The summed E-state index contributed by atoms with van der Waals surface area (Å²) < 4.78 is 16.7. The molecule has 0 bridgehead atoms. The van der Waals surface area contributed by atoms with Crippen LogP contribution in [0.3, 0.4) is 0 Å². The van der Waals surface area contributed by atoms with E-state index in [1.54, 1.807) is 48.7 Å². The van der Waals surface area contributed by atoms with Crippen molar-refractivity contribution in [3.63, 3.8) is 0 Å². The number of carboxylic acid groups (broad SMARTS) is 1. The van der Waals surface area contributed by atoms with Crippen molar-refractivity contribution in [2.75, 3.05) is 6.61 Å². The predicted octanol–water partition coefficient (Wildman–Crippen LogP) is 3.59. The van der Waals surface area contributed by atoms with Crippen LogP contribution in [0.15, 0.2) is 60.8 Å². The molecule has 1 atom stereocenters. The summed E-state index contributed by atoms with van der Waals surface area (Å²) in [5.41, 5.74) is 2.22. The molecule has 0 fully saturated rings. The lowest BCUT2D eigenvalue weighted by Crippen LogP contribution is -2.24. The van der Waals surface area contributed by atoms with Gasteiger partial charge in [-0.1, -0.05) is 12.1 Å². The van der Waals surface area contributed by atoms with Crippen molar-refractivity contribution in [1.82, 2.24) is 10.3 Å². The van der Waals surface area contributed by atoms with E-state index in [4.69, 9.17) is 19.3 Å². The molecular formula is C24H22N2O6. The van der Waals surface area contributed by atoms with Crippen molar-refractivity contribution in [3.8, 4) is 23.1 Å². The van der Waals surface area contributed by atoms with Gasteiger partial charge in [-0.15, -0.1) is 0 Å². The first-order valence-electron chi connectivity index (χ1n) is 10.1. The molecule has 1 aliphatic heterocycles. The maximum absolute atomic E-state index is 12.8. The molecule has 0 unspecified atom stereocenters. The fraction of sp³-hybridized carbons (Fsp3) is 0.208. The number of nitrogens with one attached hydrogen (secondary N) is 1. The Bertz CT molecular complexity index is 1130. The first-order valence-corrected chi connectivity index (χ1v) is 10.1. The molecule has 0 spiro atoms. The second kappa shape index (κ2) is 9.38. The van der Waals surface area contributed by atoms with Crippen LogP contribution in [0.4, 0.5) is 0 Å². The van der Waals surface area contributed by atoms with Crippen molar-refractivity contribution >= 4 is 11.9 Å². The van der Waals surface area contributed by atoms with Crippen molar-refractivity contribution in [2.45, 2.75) is 26.0 Å². The highest BCUT2D eigenvalue weighted by Gasteiger charge is 2.17. The summed E-state index contributed by atoms with van der Waals surface area (Å²) in [6.45, 7) is 2.39. The van der Waals surface area contributed by atoms with Gasteiger partial charge in [-0.25, -0.2) is 9.78 Å². The van der Waals surface area contributed by atoms with Gasteiger partial charge in [0, 0.05) is 24.7 Å². The zero-order valence-corrected chi connectivity index (χ0v) is 17.4. The average molecular weight is 434 g/mol. The third-order valence-corrected chi connectivity index (χ3v) is 4.93. The monoisotopic (exact) mass is 434 g/mol. The van der Waals surface area contributed by atoms with Crippen LogP contribution in [0.5, 0.6) is 23.1 Å². The molecule has 2 aromatic carbocycles. The number of ether oxygens (including phenoxy) is 3. The van der Waals surface area contributed by atoms with Crippen LogP contribution in [0, 0.1) is 0 Å². The summed E-state index contributed by atoms with van der Waals surface area (Å²) in [4.78, 5) is 27.9. The van der Waals surface area contributed by atoms with Gasteiger partial charge in [-0.05, 0) is 55.0 Å². The number of nitrogens with zero attached hydrogens (tertiary/aromatic N) is 1. The second-order valence-electron chi connectivity index (χ2n) is 7.25. The number of carbonyl (C=O) groups is 2. The van der Waals surface area contributed by atoms with Gasteiger partial charge >= 0.3 is 5.97 Å². The number of carboxylic acids is 1. The molecule has 0 saturated heterocycles. The fourth-order valence-corrected chi connectivity index (χ4v) is 3.20. The van der Waals surface area contributed by atoms with Gasteiger partial charge in [0.05, 0.1) is 6.61 Å². The lowest BCUT2D eigenvalue weighted by atomic mass is 10.1. The molecule has 2 N–H and O–H groups in total. The summed E-state index contributed by atoms with van der Waals surface area (Å²) in [6.07, 6.45) is 1.45. The van der Waals surface area contributed by atoms with E-state index in [1.165, 1.54) is 6.92 Å². The number of aliphatic carboxylic acids is 1. The standard InChI is InChI=1S/C24H22N2O6/c1-15(24(28)29)31-18-6-4-16(5-7-18)14-26-22(27)20-3-2-11-25-23(20)32-19-8-9-21-17(13-19)10-12-30-21/h2-9,11,13,15H,10,12,14H2,1H3,(H,26,27)(H,28,29)/t15-/m1/s1. The molecule has 0 saturated carbocycles. The SMILES string of the molecule is C[C@@H](Oc1ccc(CNC(=O)c2cccnc2Oc2ccc3c(c2)CCO3)cc1)C(=O)O. The van der Waals surface area contributed by atoms with Crippen LogP contribution in [0.25, 0.3) is 0 Å². The Morgan fingerprint density at radius 1 is 1.16 bits per heavy atom. The molecule has 1 aliphatic rings. The van der Waals surface area contributed by atoms with Gasteiger partial charge in [0.2, 0.25) is 5.88 Å². The lowest BCUT2D eigenvalue weighted by Gasteiger charge is -2.12. The van der Waals surface area contributed by atoms with Crippen LogP contribution in [-0.4, -0.2) is 34.7 Å². The summed E-state index contributed by atoms with van der Waals surface area (Å²) in [5, 5.41) is 11.8. The van der Waals surface area contributed by atoms with Gasteiger partial charge in [0.1, 0.15) is 22.8 Å². The van der Waals surface area contributed by atoms with Crippen molar-refractivity contribution in [2.24, 2.45) is 0 Å². The van der Waals surface area contributed by atoms with Gasteiger partial charge in [-0.3, -0.25) is 4.79 Å². The van der Waals surface area contributed by atoms with E-state index in [1.807, 2.05) is 12.1 Å². The average Bonchev–Trinajstić information content (AvgIpc) is 3.26. The van der Waals surface area contributed by atoms with Crippen molar-refractivity contribution < 1.29 is 28.9 Å².